The third kappa shape index (κ3) is 4.08. The van der Waals surface area contributed by atoms with Gasteiger partial charge in [-0.25, -0.2) is 0 Å². The van der Waals surface area contributed by atoms with Crippen LogP contribution in [0, 0.1) is 5.92 Å². The van der Waals surface area contributed by atoms with Crippen LogP contribution in [-0.4, -0.2) is 50.2 Å². The van der Waals surface area contributed by atoms with Crippen LogP contribution in [0.2, 0.25) is 0 Å². The topological polar surface area (TPSA) is 74.7 Å². The van der Waals surface area contributed by atoms with Crippen molar-refractivity contribution in [2.75, 3.05) is 18.8 Å². The number of amides is 1. The highest BCUT2D eigenvalue weighted by Crippen LogP contribution is 2.16. The van der Waals surface area contributed by atoms with Crippen LogP contribution in [0.5, 0.6) is 0 Å². The number of piperidine rings is 1. The highest BCUT2D eigenvalue weighted by atomic mass is 32.2. The molecule has 5 nitrogen and oxygen atoms in total. The first-order valence-electron chi connectivity index (χ1n) is 6.33. The van der Waals surface area contributed by atoms with Crippen molar-refractivity contribution in [3.8, 4) is 0 Å². The lowest BCUT2D eigenvalue weighted by atomic mass is 9.99. The summed E-state index contributed by atoms with van der Waals surface area (Å²) in [6.45, 7) is 5.21. The fraction of sp³-hybridized carbons (Fsp3) is 0.833. The molecule has 1 amide bonds. The van der Waals surface area contributed by atoms with Crippen LogP contribution in [0.15, 0.2) is 0 Å². The summed E-state index contributed by atoms with van der Waals surface area (Å²) in [6, 6.07) is 0. The molecule has 1 heterocycles. The van der Waals surface area contributed by atoms with Gasteiger partial charge in [0.25, 0.3) is 0 Å². The molecule has 6 heteroatoms. The maximum atomic E-state index is 11.9. The summed E-state index contributed by atoms with van der Waals surface area (Å²) in [6.07, 6.45) is 2.22. The Morgan fingerprint density at radius 3 is 2.39 bits per heavy atom. The Bertz CT molecular complexity index is 337. The van der Waals surface area contributed by atoms with Gasteiger partial charge in [0.15, 0.2) is 0 Å². The maximum absolute atomic E-state index is 11.9. The van der Waals surface area contributed by atoms with Gasteiger partial charge < -0.3 is 10.0 Å². The summed E-state index contributed by atoms with van der Waals surface area (Å²) in [5.74, 6) is -0.808. The molecule has 2 atom stereocenters. The first-order valence-corrected chi connectivity index (χ1v) is 7.71. The molecule has 0 spiro atoms. The van der Waals surface area contributed by atoms with Gasteiger partial charge in [-0.05, 0) is 25.2 Å². The highest BCUT2D eigenvalue weighted by molar-refractivity contribution is 7.87. The number of rotatable bonds is 5. The first kappa shape index (κ1) is 15.1. The molecule has 2 unspecified atom stereocenters. The molecule has 1 aliphatic rings. The molecule has 0 saturated carbocycles. The van der Waals surface area contributed by atoms with E-state index in [4.69, 9.17) is 5.11 Å². The van der Waals surface area contributed by atoms with E-state index in [1.165, 1.54) is 0 Å². The fourth-order valence-corrected chi connectivity index (χ4v) is 3.27. The standard InChI is InChI=1S/C12H21NO4S/c1-3-10(12(15)16)18(17)8-11(14)13-6-4-9(2)5-7-13/h9-10H,3-8H2,1-2H3,(H,15,16). The number of likely N-dealkylation sites (tertiary alicyclic amines) is 1. The Labute approximate surface area is 110 Å². The van der Waals surface area contributed by atoms with E-state index in [-0.39, 0.29) is 18.1 Å². The molecule has 18 heavy (non-hydrogen) atoms. The van der Waals surface area contributed by atoms with Gasteiger partial charge in [0.2, 0.25) is 5.91 Å². The van der Waals surface area contributed by atoms with Crippen LogP contribution in [0.25, 0.3) is 0 Å². The average Bonchev–Trinajstić information content (AvgIpc) is 2.29. The predicted molar refractivity (Wildman–Crippen MR) is 69.7 cm³/mol. The summed E-state index contributed by atoms with van der Waals surface area (Å²) in [7, 11) is -1.62. The Kier molecular flexibility index (Phi) is 5.78. The maximum Gasteiger partial charge on any atom is 0.319 e. The summed E-state index contributed by atoms with van der Waals surface area (Å²) >= 11 is 0. The number of carboxylic acids is 1. The number of carboxylic acid groups (broad SMARTS) is 1. The van der Waals surface area contributed by atoms with E-state index in [9.17, 15) is 13.8 Å². The van der Waals surface area contributed by atoms with E-state index in [2.05, 4.69) is 6.92 Å². The molecule has 1 rings (SSSR count). The van der Waals surface area contributed by atoms with E-state index < -0.39 is 22.0 Å². The molecule has 1 saturated heterocycles. The molecule has 1 aliphatic heterocycles. The Morgan fingerprint density at radius 2 is 1.94 bits per heavy atom. The quantitative estimate of drug-likeness (QED) is 0.807. The minimum absolute atomic E-state index is 0.167. The summed E-state index contributed by atoms with van der Waals surface area (Å²) in [5.41, 5.74) is 0. The molecule has 0 aromatic rings. The van der Waals surface area contributed by atoms with Crippen molar-refractivity contribution >= 4 is 22.7 Å². The van der Waals surface area contributed by atoms with Crippen LogP contribution in [0.3, 0.4) is 0 Å². The van der Waals surface area contributed by atoms with E-state index in [0.29, 0.717) is 19.0 Å². The molecule has 0 aromatic heterocycles. The first-order chi connectivity index (χ1) is 8.45. The predicted octanol–water partition coefficient (Wildman–Crippen LogP) is 0.857. The van der Waals surface area contributed by atoms with Crippen LogP contribution >= 0.6 is 0 Å². The second kappa shape index (κ2) is 6.87. The summed E-state index contributed by atoms with van der Waals surface area (Å²) in [4.78, 5) is 24.5. The van der Waals surface area contributed by atoms with Gasteiger partial charge in [-0.1, -0.05) is 13.8 Å². The number of hydrogen-bond acceptors (Lipinski definition) is 3. The number of carbonyl (C=O) groups is 2. The van der Waals surface area contributed by atoms with Crippen LogP contribution in [-0.2, 0) is 20.4 Å². The van der Waals surface area contributed by atoms with Gasteiger partial charge in [0, 0.05) is 23.9 Å². The largest absolute Gasteiger partial charge is 0.480 e. The van der Waals surface area contributed by atoms with Crippen molar-refractivity contribution in [3.05, 3.63) is 0 Å². The van der Waals surface area contributed by atoms with Gasteiger partial charge in [0.05, 0.1) is 0 Å². The Hall–Kier alpha value is -0.910. The second-order valence-corrected chi connectivity index (χ2v) is 6.44. The third-order valence-electron chi connectivity index (χ3n) is 3.37. The normalized spacial score (nSPS) is 20.4. The SMILES string of the molecule is CCC(C(=O)O)S(=O)CC(=O)N1CCC(C)CC1. The molecule has 0 radical (unpaired) electrons. The van der Waals surface area contributed by atoms with Crippen molar-refractivity contribution in [1.82, 2.24) is 4.90 Å². The monoisotopic (exact) mass is 275 g/mol. The molecule has 1 N–H and O–H groups in total. The van der Waals surface area contributed by atoms with Gasteiger partial charge in [-0.15, -0.1) is 0 Å². The summed E-state index contributed by atoms with van der Waals surface area (Å²) < 4.78 is 11.8. The Morgan fingerprint density at radius 1 is 1.39 bits per heavy atom. The molecule has 0 aliphatic carbocycles. The smallest absolute Gasteiger partial charge is 0.319 e. The van der Waals surface area contributed by atoms with E-state index in [1.807, 2.05) is 0 Å². The molecular weight excluding hydrogens is 254 g/mol. The minimum Gasteiger partial charge on any atom is -0.480 e. The molecule has 104 valence electrons. The molecule has 0 aromatic carbocycles. The number of carbonyl (C=O) groups excluding carboxylic acids is 1. The van der Waals surface area contributed by atoms with Gasteiger partial charge >= 0.3 is 5.97 Å². The second-order valence-electron chi connectivity index (χ2n) is 4.82. The molecular formula is C12H21NO4S. The van der Waals surface area contributed by atoms with Crippen molar-refractivity contribution in [3.63, 3.8) is 0 Å². The van der Waals surface area contributed by atoms with Crippen molar-refractivity contribution < 1.29 is 18.9 Å². The molecule has 0 bridgehead atoms. The van der Waals surface area contributed by atoms with Crippen LogP contribution < -0.4 is 0 Å². The highest BCUT2D eigenvalue weighted by Gasteiger charge is 2.27. The fourth-order valence-electron chi connectivity index (χ4n) is 2.04. The summed E-state index contributed by atoms with van der Waals surface area (Å²) in [5, 5.41) is 7.95. The zero-order valence-electron chi connectivity index (χ0n) is 10.9. The number of nitrogens with zero attached hydrogens (tertiary/aromatic N) is 1. The van der Waals surface area contributed by atoms with Gasteiger partial charge in [-0.2, -0.15) is 0 Å². The van der Waals surface area contributed by atoms with E-state index >= 15 is 0 Å². The lowest BCUT2D eigenvalue weighted by molar-refractivity contribution is -0.136. The lowest BCUT2D eigenvalue weighted by Crippen LogP contribution is -2.42. The van der Waals surface area contributed by atoms with Gasteiger partial charge in [-0.3, -0.25) is 13.8 Å². The van der Waals surface area contributed by atoms with Crippen LogP contribution in [0.4, 0.5) is 0 Å². The Balaban J connectivity index is 2.49. The minimum atomic E-state index is -1.62. The van der Waals surface area contributed by atoms with Crippen molar-refractivity contribution in [1.29, 1.82) is 0 Å². The zero-order valence-corrected chi connectivity index (χ0v) is 11.7. The van der Waals surface area contributed by atoms with Crippen LogP contribution in [0.1, 0.15) is 33.1 Å². The number of aliphatic carboxylic acids is 1. The number of hydrogen-bond donors (Lipinski definition) is 1. The van der Waals surface area contributed by atoms with E-state index in [0.717, 1.165) is 12.8 Å². The average molecular weight is 275 g/mol. The van der Waals surface area contributed by atoms with Crippen molar-refractivity contribution in [2.45, 2.75) is 38.4 Å². The zero-order chi connectivity index (χ0) is 13.7. The van der Waals surface area contributed by atoms with Gasteiger partial charge in [0.1, 0.15) is 11.0 Å². The third-order valence-corrected chi connectivity index (χ3v) is 5.07. The lowest BCUT2D eigenvalue weighted by Gasteiger charge is -2.30. The van der Waals surface area contributed by atoms with Crippen molar-refractivity contribution in [2.24, 2.45) is 5.92 Å². The molecule has 1 fully saturated rings. The van der Waals surface area contributed by atoms with E-state index in [1.54, 1.807) is 11.8 Å².